The molecule has 4 heteroatoms. The van der Waals surface area contributed by atoms with Crippen LogP contribution in [-0.4, -0.2) is 50.0 Å². The predicted octanol–water partition coefficient (Wildman–Crippen LogP) is 6.66. The third-order valence-corrected chi connectivity index (χ3v) is 8.78. The Morgan fingerprint density at radius 3 is 2.51 bits per heavy atom. The molecule has 1 aromatic heterocycles. The van der Waals surface area contributed by atoms with Gasteiger partial charge in [-0.05, 0) is 120 Å². The van der Waals surface area contributed by atoms with Gasteiger partial charge in [-0.25, -0.2) is 0 Å². The number of hydrogen-bond acceptors (Lipinski definition) is 4. The summed E-state index contributed by atoms with van der Waals surface area (Å²) in [5.41, 5.74) is 7.15. The van der Waals surface area contributed by atoms with Crippen LogP contribution in [0, 0.1) is 29.6 Å². The highest BCUT2D eigenvalue weighted by Gasteiger charge is 2.53. The maximum atomic E-state index is 11.4. The molecule has 192 valence electrons. The number of aryl methyl sites for hydroxylation is 1. The average Bonchev–Trinajstić information content (AvgIpc) is 3.17. The lowest BCUT2D eigenvalue weighted by Gasteiger charge is -2.55. The molecule has 0 N–H and O–H groups in total. The first-order chi connectivity index (χ1) is 16.6. The molecule has 2 saturated carbocycles. The molecule has 0 aliphatic heterocycles. The largest absolute Gasteiger partial charge is 0.382 e. The Balaban J connectivity index is 0.000000623. The van der Waals surface area contributed by atoms with E-state index in [1.54, 1.807) is 12.7 Å². The standard InChI is InChI=1S/C27H36N2O.C4H10O/c1-19-16-20(18-28-17-19)23-8-9-24-22-7-6-21(11-15-30)26(2,13-14-29(4)5)25(22)10-12-27(23,24)3;1-4(2)5-3/h8-9,11,15-18,22,25H,6-7,10,12-14H2,1-5H3;4H,1-3H3/b21-11-;. The average molecular weight is 479 g/mol. The highest BCUT2D eigenvalue weighted by molar-refractivity contribution is 5.78. The van der Waals surface area contributed by atoms with Gasteiger partial charge in [-0.15, -0.1) is 0 Å². The molecule has 4 rings (SSSR count). The van der Waals surface area contributed by atoms with E-state index in [2.05, 4.69) is 63.0 Å². The summed E-state index contributed by atoms with van der Waals surface area (Å²) in [7, 11) is 6.00. The second-order valence-electron chi connectivity index (χ2n) is 11.7. The van der Waals surface area contributed by atoms with Crippen molar-refractivity contribution in [3.63, 3.8) is 0 Å². The summed E-state index contributed by atoms with van der Waals surface area (Å²) in [5, 5.41) is 0. The van der Waals surface area contributed by atoms with Crippen LogP contribution < -0.4 is 0 Å². The predicted molar refractivity (Wildman–Crippen MR) is 146 cm³/mol. The highest BCUT2D eigenvalue weighted by atomic mass is 16.5. The number of aldehydes is 1. The molecule has 35 heavy (non-hydrogen) atoms. The van der Waals surface area contributed by atoms with Crippen LogP contribution in [0.1, 0.15) is 70.9 Å². The molecule has 0 radical (unpaired) electrons. The van der Waals surface area contributed by atoms with Crippen LogP contribution in [0.4, 0.5) is 0 Å². The van der Waals surface area contributed by atoms with Crippen LogP contribution in [-0.2, 0) is 9.53 Å². The van der Waals surface area contributed by atoms with E-state index in [-0.39, 0.29) is 10.8 Å². The summed E-state index contributed by atoms with van der Waals surface area (Å²) in [6.45, 7) is 12.1. The normalized spacial score (nSPS) is 30.9. The van der Waals surface area contributed by atoms with Crippen molar-refractivity contribution in [2.45, 2.75) is 72.8 Å². The van der Waals surface area contributed by atoms with E-state index in [1.807, 2.05) is 32.3 Å². The number of nitrogens with zero attached hydrogens (tertiary/aromatic N) is 2. The molecule has 1 heterocycles. The van der Waals surface area contributed by atoms with E-state index >= 15 is 0 Å². The monoisotopic (exact) mass is 478 g/mol. The van der Waals surface area contributed by atoms with Crippen molar-refractivity contribution in [1.29, 1.82) is 0 Å². The lowest BCUT2D eigenvalue weighted by atomic mass is 9.49. The first-order valence-corrected chi connectivity index (χ1v) is 13.2. The lowest BCUT2D eigenvalue weighted by Crippen LogP contribution is -2.46. The number of ether oxygens (including phenoxy) is 1. The van der Waals surface area contributed by atoms with Crippen molar-refractivity contribution >= 4 is 11.9 Å². The number of methoxy groups -OCH3 is 1. The second-order valence-corrected chi connectivity index (χ2v) is 11.7. The molecule has 0 bridgehead atoms. The molecule has 1 aromatic rings. The first kappa shape index (κ1) is 27.5. The van der Waals surface area contributed by atoms with Gasteiger partial charge in [-0.2, -0.15) is 0 Å². The minimum atomic E-state index is 0.101. The van der Waals surface area contributed by atoms with Crippen LogP contribution >= 0.6 is 0 Å². The van der Waals surface area contributed by atoms with E-state index in [9.17, 15) is 4.79 Å². The molecule has 0 spiro atoms. The fourth-order valence-corrected chi connectivity index (χ4v) is 6.60. The molecule has 0 amide bonds. The number of carbonyl (C=O) groups is 1. The smallest absolute Gasteiger partial charge is 0.142 e. The van der Waals surface area contributed by atoms with Crippen molar-refractivity contribution in [1.82, 2.24) is 9.88 Å². The summed E-state index contributed by atoms with van der Waals surface area (Å²) in [4.78, 5) is 18.1. The van der Waals surface area contributed by atoms with Crippen molar-refractivity contribution in [3.05, 3.63) is 59.0 Å². The number of carbonyl (C=O) groups excluding carboxylic acids is 1. The number of pyridine rings is 1. The van der Waals surface area contributed by atoms with Crippen LogP contribution in [0.2, 0.25) is 0 Å². The lowest BCUT2D eigenvalue weighted by molar-refractivity contribution is -0.104. The Labute approximate surface area is 213 Å². The molecular formula is C31H46N2O2. The van der Waals surface area contributed by atoms with E-state index in [0.717, 1.165) is 32.1 Å². The fraction of sp³-hybridized carbons (Fsp3) is 0.613. The van der Waals surface area contributed by atoms with Crippen LogP contribution in [0.5, 0.6) is 0 Å². The van der Waals surface area contributed by atoms with Gasteiger partial charge in [0, 0.05) is 24.9 Å². The molecule has 2 fully saturated rings. The van der Waals surface area contributed by atoms with Gasteiger partial charge in [0.15, 0.2) is 0 Å². The van der Waals surface area contributed by atoms with E-state index in [1.165, 1.54) is 35.1 Å². The zero-order valence-corrected chi connectivity index (χ0v) is 23.2. The fourth-order valence-electron chi connectivity index (χ4n) is 6.60. The van der Waals surface area contributed by atoms with Crippen LogP contribution in [0.15, 0.2) is 47.8 Å². The van der Waals surface area contributed by atoms with Gasteiger partial charge in [0.1, 0.15) is 6.29 Å². The third kappa shape index (κ3) is 5.70. The van der Waals surface area contributed by atoms with E-state index in [4.69, 9.17) is 4.74 Å². The van der Waals surface area contributed by atoms with Crippen molar-refractivity contribution in [2.24, 2.45) is 22.7 Å². The number of allylic oxidation sites excluding steroid dienone is 6. The van der Waals surface area contributed by atoms with Crippen molar-refractivity contribution in [3.8, 4) is 0 Å². The zero-order chi connectivity index (χ0) is 25.8. The van der Waals surface area contributed by atoms with Crippen LogP contribution in [0.3, 0.4) is 0 Å². The Morgan fingerprint density at radius 1 is 1.20 bits per heavy atom. The second kappa shape index (κ2) is 11.3. The zero-order valence-electron chi connectivity index (χ0n) is 23.2. The summed E-state index contributed by atoms with van der Waals surface area (Å²) in [5.74, 6) is 1.21. The third-order valence-electron chi connectivity index (χ3n) is 8.78. The maximum absolute atomic E-state index is 11.4. The van der Waals surface area contributed by atoms with Crippen LogP contribution in [0.25, 0.3) is 5.57 Å². The van der Waals surface area contributed by atoms with Crippen molar-refractivity contribution < 1.29 is 9.53 Å². The number of rotatable bonds is 6. The summed E-state index contributed by atoms with van der Waals surface area (Å²) >= 11 is 0. The van der Waals surface area contributed by atoms with Crippen molar-refractivity contribution in [2.75, 3.05) is 27.7 Å². The number of hydrogen-bond donors (Lipinski definition) is 0. The number of fused-ring (bicyclic) bond motifs is 3. The highest BCUT2D eigenvalue weighted by Crippen LogP contribution is 2.64. The Bertz CT molecular complexity index is 989. The van der Waals surface area contributed by atoms with Gasteiger partial charge >= 0.3 is 0 Å². The van der Waals surface area contributed by atoms with Gasteiger partial charge in [-0.3, -0.25) is 9.78 Å². The SMILES string of the molecule is COC(C)C.Cc1cncc(C2=CC=C3C4CC/C(=C/C=O)C(C)(CCN(C)C)C4CCC23C)c1. The Kier molecular flexibility index (Phi) is 8.93. The van der Waals surface area contributed by atoms with Gasteiger partial charge in [0.05, 0.1) is 6.10 Å². The Morgan fingerprint density at radius 2 is 1.91 bits per heavy atom. The van der Waals surface area contributed by atoms with Gasteiger partial charge in [-0.1, -0.05) is 37.1 Å². The Hall–Kier alpha value is -2.04. The van der Waals surface area contributed by atoms with Gasteiger partial charge in [0.25, 0.3) is 0 Å². The number of aromatic nitrogens is 1. The summed E-state index contributed by atoms with van der Waals surface area (Å²) in [6, 6.07) is 2.28. The summed E-state index contributed by atoms with van der Waals surface area (Å²) in [6.07, 6.45) is 17.7. The molecule has 3 aliphatic carbocycles. The quantitative estimate of drug-likeness (QED) is 0.338. The van der Waals surface area contributed by atoms with E-state index < -0.39 is 0 Å². The summed E-state index contributed by atoms with van der Waals surface area (Å²) < 4.78 is 4.75. The molecule has 0 aromatic carbocycles. The van der Waals surface area contributed by atoms with Gasteiger partial charge < -0.3 is 9.64 Å². The molecule has 3 aliphatic rings. The van der Waals surface area contributed by atoms with Gasteiger partial charge in [0.2, 0.25) is 0 Å². The molecule has 4 atom stereocenters. The maximum Gasteiger partial charge on any atom is 0.142 e. The minimum absolute atomic E-state index is 0.101. The molecular weight excluding hydrogens is 432 g/mol. The first-order valence-electron chi connectivity index (χ1n) is 13.2. The molecule has 4 nitrogen and oxygen atoms in total. The molecule has 4 unspecified atom stereocenters. The topological polar surface area (TPSA) is 42.4 Å². The van der Waals surface area contributed by atoms with E-state index in [0.29, 0.717) is 17.9 Å². The minimum Gasteiger partial charge on any atom is -0.382 e. The molecule has 0 saturated heterocycles.